The SMILES string of the molecule is Cc1cc(NS(C)(=O)=O)c(Br)cc1S(=O)(=O)Cl. The minimum Gasteiger partial charge on any atom is -0.283 e. The van der Waals surface area contributed by atoms with Crippen LogP contribution in [-0.4, -0.2) is 23.1 Å². The van der Waals surface area contributed by atoms with E-state index in [0.29, 0.717) is 10.0 Å². The molecule has 9 heteroatoms. The molecule has 1 aromatic carbocycles. The summed E-state index contributed by atoms with van der Waals surface area (Å²) in [5.41, 5.74) is 0.614. The third kappa shape index (κ3) is 4.13. The molecule has 0 aromatic heterocycles. The lowest BCUT2D eigenvalue weighted by atomic mass is 10.2. The van der Waals surface area contributed by atoms with Crippen molar-refractivity contribution < 1.29 is 16.8 Å². The zero-order valence-electron chi connectivity index (χ0n) is 8.86. The number of nitrogens with one attached hydrogen (secondary N) is 1. The highest BCUT2D eigenvalue weighted by molar-refractivity contribution is 9.10. The Balaban J connectivity index is 3.39. The first-order chi connectivity index (χ1) is 7.50. The molecule has 0 aliphatic carbocycles. The van der Waals surface area contributed by atoms with E-state index >= 15 is 0 Å². The Morgan fingerprint density at radius 3 is 2.18 bits per heavy atom. The fourth-order valence-corrected chi connectivity index (χ4v) is 3.70. The molecule has 0 fully saturated rings. The van der Waals surface area contributed by atoms with Gasteiger partial charge >= 0.3 is 0 Å². The van der Waals surface area contributed by atoms with Gasteiger partial charge in [0.25, 0.3) is 9.05 Å². The summed E-state index contributed by atoms with van der Waals surface area (Å²) >= 11 is 3.08. The molecule has 0 aliphatic rings. The predicted molar refractivity (Wildman–Crippen MR) is 70.4 cm³/mol. The molecule has 0 unspecified atom stereocenters. The van der Waals surface area contributed by atoms with Gasteiger partial charge in [0.2, 0.25) is 10.0 Å². The molecular weight excluding hydrogens is 354 g/mol. The fraction of sp³-hybridized carbons (Fsp3) is 0.250. The maximum atomic E-state index is 11.2. The number of hydrogen-bond donors (Lipinski definition) is 1. The monoisotopic (exact) mass is 361 g/mol. The molecule has 0 amide bonds. The summed E-state index contributed by atoms with van der Waals surface area (Å²) in [5, 5.41) is 0. The van der Waals surface area contributed by atoms with Gasteiger partial charge in [-0.25, -0.2) is 16.8 Å². The minimum absolute atomic E-state index is 0.0647. The fourth-order valence-electron chi connectivity index (χ4n) is 1.20. The van der Waals surface area contributed by atoms with Gasteiger partial charge in [0, 0.05) is 15.2 Å². The van der Waals surface area contributed by atoms with Gasteiger partial charge < -0.3 is 0 Å². The van der Waals surface area contributed by atoms with Crippen molar-refractivity contribution in [3.63, 3.8) is 0 Å². The van der Waals surface area contributed by atoms with Crippen LogP contribution in [0.15, 0.2) is 21.5 Å². The number of aryl methyl sites for hydroxylation is 1. The van der Waals surface area contributed by atoms with Crippen molar-refractivity contribution in [1.82, 2.24) is 0 Å². The molecule has 0 aliphatic heterocycles. The maximum absolute atomic E-state index is 11.2. The van der Waals surface area contributed by atoms with Crippen molar-refractivity contribution in [2.45, 2.75) is 11.8 Å². The molecular formula is C8H9BrClNO4S2. The Labute approximate surface area is 113 Å². The Morgan fingerprint density at radius 1 is 1.24 bits per heavy atom. The molecule has 0 bridgehead atoms. The van der Waals surface area contributed by atoms with Crippen LogP contribution >= 0.6 is 26.6 Å². The molecule has 0 atom stereocenters. The van der Waals surface area contributed by atoms with Crippen molar-refractivity contribution >= 4 is 51.4 Å². The van der Waals surface area contributed by atoms with Crippen LogP contribution in [0.2, 0.25) is 0 Å². The van der Waals surface area contributed by atoms with Crippen molar-refractivity contribution in [3.8, 4) is 0 Å². The standard InChI is InChI=1S/C8H9BrClNO4S2/c1-5-3-7(11-16(2,12)13)6(9)4-8(5)17(10,14)15/h3-4,11H,1-2H3. The van der Waals surface area contributed by atoms with Crippen molar-refractivity contribution in [2.75, 3.05) is 11.0 Å². The van der Waals surface area contributed by atoms with Crippen LogP contribution in [-0.2, 0) is 19.1 Å². The lowest BCUT2D eigenvalue weighted by molar-refractivity contribution is 0.606. The first-order valence-corrected chi connectivity index (χ1v) is 9.22. The van der Waals surface area contributed by atoms with Crippen LogP contribution < -0.4 is 4.72 Å². The molecule has 0 saturated heterocycles. The Bertz CT molecular complexity index is 654. The largest absolute Gasteiger partial charge is 0.283 e. The molecule has 5 nitrogen and oxygen atoms in total. The van der Waals surface area contributed by atoms with Crippen LogP contribution in [0.1, 0.15) is 5.56 Å². The van der Waals surface area contributed by atoms with E-state index in [0.717, 1.165) is 6.26 Å². The van der Waals surface area contributed by atoms with E-state index < -0.39 is 19.1 Å². The number of rotatable bonds is 3. The molecule has 0 saturated carbocycles. The third-order valence-corrected chi connectivity index (χ3v) is 4.53. The van der Waals surface area contributed by atoms with E-state index in [4.69, 9.17) is 10.7 Å². The average Bonchev–Trinajstić information content (AvgIpc) is 2.06. The topological polar surface area (TPSA) is 80.3 Å². The summed E-state index contributed by atoms with van der Waals surface area (Å²) in [6.45, 7) is 1.52. The van der Waals surface area contributed by atoms with Gasteiger partial charge in [0.05, 0.1) is 16.8 Å². The molecule has 0 heterocycles. The maximum Gasteiger partial charge on any atom is 0.261 e. The second kappa shape index (κ2) is 4.75. The lowest BCUT2D eigenvalue weighted by Gasteiger charge is -2.10. The molecule has 0 spiro atoms. The quantitative estimate of drug-likeness (QED) is 0.835. The van der Waals surface area contributed by atoms with Gasteiger partial charge in [-0.2, -0.15) is 0 Å². The second-order valence-corrected chi connectivity index (χ2v) is 8.55. The smallest absolute Gasteiger partial charge is 0.261 e. The van der Waals surface area contributed by atoms with Crippen LogP contribution in [0.4, 0.5) is 5.69 Å². The number of halogens is 2. The average molecular weight is 363 g/mol. The Kier molecular flexibility index (Phi) is 4.12. The normalized spacial score (nSPS) is 12.5. The number of sulfonamides is 1. The van der Waals surface area contributed by atoms with E-state index in [2.05, 4.69) is 20.7 Å². The number of hydrogen-bond acceptors (Lipinski definition) is 4. The highest BCUT2D eigenvalue weighted by atomic mass is 79.9. The van der Waals surface area contributed by atoms with E-state index in [1.54, 1.807) is 0 Å². The third-order valence-electron chi connectivity index (χ3n) is 1.82. The van der Waals surface area contributed by atoms with E-state index in [9.17, 15) is 16.8 Å². The summed E-state index contributed by atoms with van der Waals surface area (Å²) < 4.78 is 47.1. The zero-order chi connectivity index (χ0) is 13.4. The van der Waals surface area contributed by atoms with Gasteiger partial charge in [-0.3, -0.25) is 4.72 Å². The summed E-state index contributed by atoms with van der Waals surface area (Å²) in [4.78, 5) is -0.0647. The summed E-state index contributed by atoms with van der Waals surface area (Å²) in [6, 6.07) is 2.64. The summed E-state index contributed by atoms with van der Waals surface area (Å²) in [6.07, 6.45) is 1.00. The molecule has 1 rings (SSSR count). The molecule has 1 aromatic rings. The lowest BCUT2D eigenvalue weighted by Crippen LogP contribution is -2.10. The van der Waals surface area contributed by atoms with Crippen LogP contribution in [0.25, 0.3) is 0 Å². The van der Waals surface area contributed by atoms with Gasteiger partial charge in [0.1, 0.15) is 0 Å². The first-order valence-electron chi connectivity index (χ1n) is 4.23. The predicted octanol–water partition coefficient (Wildman–Crippen LogP) is 2.06. The van der Waals surface area contributed by atoms with E-state index in [1.165, 1.54) is 19.1 Å². The van der Waals surface area contributed by atoms with Crippen LogP contribution in [0, 0.1) is 6.92 Å². The summed E-state index contributed by atoms with van der Waals surface area (Å²) in [7, 11) is -2.04. The van der Waals surface area contributed by atoms with Crippen LogP contribution in [0.3, 0.4) is 0 Å². The van der Waals surface area contributed by atoms with Crippen molar-refractivity contribution in [1.29, 1.82) is 0 Å². The molecule has 17 heavy (non-hydrogen) atoms. The molecule has 1 N–H and O–H groups in total. The highest BCUT2D eigenvalue weighted by Crippen LogP contribution is 2.30. The van der Waals surface area contributed by atoms with Crippen molar-refractivity contribution in [2.24, 2.45) is 0 Å². The van der Waals surface area contributed by atoms with Gasteiger partial charge in [0.15, 0.2) is 0 Å². The Morgan fingerprint density at radius 2 is 1.76 bits per heavy atom. The second-order valence-electron chi connectivity index (χ2n) is 3.41. The molecule has 96 valence electrons. The minimum atomic E-state index is -3.85. The Hall–Kier alpha value is -0.310. The zero-order valence-corrected chi connectivity index (χ0v) is 12.8. The summed E-state index contributed by atoms with van der Waals surface area (Å²) in [5.74, 6) is 0. The highest BCUT2D eigenvalue weighted by Gasteiger charge is 2.17. The van der Waals surface area contributed by atoms with Crippen molar-refractivity contribution in [3.05, 3.63) is 22.2 Å². The van der Waals surface area contributed by atoms with E-state index in [1.807, 2.05) is 0 Å². The van der Waals surface area contributed by atoms with E-state index in [-0.39, 0.29) is 10.6 Å². The molecule has 0 radical (unpaired) electrons. The van der Waals surface area contributed by atoms with Gasteiger partial charge in [-0.1, -0.05) is 0 Å². The number of anilines is 1. The number of benzene rings is 1. The first kappa shape index (κ1) is 14.7. The van der Waals surface area contributed by atoms with Crippen LogP contribution in [0.5, 0.6) is 0 Å². The van der Waals surface area contributed by atoms with Gasteiger partial charge in [-0.15, -0.1) is 0 Å². The van der Waals surface area contributed by atoms with Gasteiger partial charge in [-0.05, 0) is 40.5 Å².